The van der Waals surface area contributed by atoms with Crippen molar-refractivity contribution in [3.63, 3.8) is 0 Å². The van der Waals surface area contributed by atoms with Gasteiger partial charge in [0.2, 0.25) is 0 Å². The fraction of sp³-hybridized carbons (Fsp3) is 0.125. The molecule has 0 saturated carbocycles. The van der Waals surface area contributed by atoms with Gasteiger partial charge in [0.25, 0.3) is 0 Å². The summed E-state index contributed by atoms with van der Waals surface area (Å²) in [5, 5.41) is 8.46. The summed E-state index contributed by atoms with van der Waals surface area (Å²) in [4.78, 5) is 0. The van der Waals surface area contributed by atoms with Gasteiger partial charge in [0.05, 0.1) is 11.9 Å². The standard InChI is InChI=1S/C16H15N3/c1-12-7-9-14(10-8-12)19-11-16(17-18-19)15-6-4-3-5-13(15)2/h3-11H,1-2H3. The quantitative estimate of drug-likeness (QED) is 0.695. The van der Waals surface area contributed by atoms with Gasteiger partial charge in [-0.3, -0.25) is 0 Å². The van der Waals surface area contributed by atoms with Crippen LogP contribution in [-0.2, 0) is 0 Å². The van der Waals surface area contributed by atoms with Crippen LogP contribution in [0.4, 0.5) is 0 Å². The maximum Gasteiger partial charge on any atom is 0.113 e. The SMILES string of the molecule is Cc1ccc(-n2cc(-c3ccccc3C)nn2)cc1. The normalized spacial score (nSPS) is 10.6. The third-order valence-electron chi connectivity index (χ3n) is 3.21. The van der Waals surface area contributed by atoms with Gasteiger partial charge in [0.1, 0.15) is 5.69 Å². The Bertz CT molecular complexity index is 696. The summed E-state index contributed by atoms with van der Waals surface area (Å²) in [6.07, 6.45) is 1.97. The van der Waals surface area contributed by atoms with E-state index in [0.717, 1.165) is 16.9 Å². The minimum absolute atomic E-state index is 0.902. The molecule has 0 radical (unpaired) electrons. The lowest BCUT2D eigenvalue weighted by Crippen LogP contribution is -1.94. The van der Waals surface area contributed by atoms with Gasteiger partial charge in [0, 0.05) is 5.56 Å². The highest BCUT2D eigenvalue weighted by atomic mass is 15.4. The molecular weight excluding hydrogens is 234 g/mol. The molecule has 3 nitrogen and oxygen atoms in total. The first-order valence-corrected chi connectivity index (χ1v) is 6.29. The van der Waals surface area contributed by atoms with Gasteiger partial charge < -0.3 is 0 Å². The molecule has 1 heterocycles. The highest BCUT2D eigenvalue weighted by Crippen LogP contribution is 2.21. The van der Waals surface area contributed by atoms with Crippen molar-refractivity contribution in [3.05, 3.63) is 65.9 Å². The Labute approximate surface area is 112 Å². The Morgan fingerprint density at radius 2 is 1.63 bits per heavy atom. The van der Waals surface area contributed by atoms with Crippen LogP contribution in [-0.4, -0.2) is 15.0 Å². The first kappa shape index (κ1) is 11.7. The van der Waals surface area contributed by atoms with E-state index < -0.39 is 0 Å². The van der Waals surface area contributed by atoms with E-state index in [1.807, 2.05) is 30.5 Å². The minimum atomic E-state index is 0.902. The van der Waals surface area contributed by atoms with E-state index in [0.29, 0.717) is 0 Å². The summed E-state index contributed by atoms with van der Waals surface area (Å²) in [5.74, 6) is 0. The van der Waals surface area contributed by atoms with Crippen LogP contribution >= 0.6 is 0 Å². The number of aromatic nitrogens is 3. The third-order valence-corrected chi connectivity index (χ3v) is 3.21. The van der Waals surface area contributed by atoms with Crippen LogP contribution < -0.4 is 0 Å². The maximum absolute atomic E-state index is 4.26. The van der Waals surface area contributed by atoms with Crippen LogP contribution in [0.3, 0.4) is 0 Å². The lowest BCUT2D eigenvalue weighted by Gasteiger charge is -2.01. The van der Waals surface area contributed by atoms with E-state index in [1.165, 1.54) is 11.1 Å². The third kappa shape index (κ3) is 2.27. The van der Waals surface area contributed by atoms with Crippen LogP contribution in [0, 0.1) is 13.8 Å². The Morgan fingerprint density at radius 3 is 2.37 bits per heavy atom. The van der Waals surface area contributed by atoms with E-state index in [9.17, 15) is 0 Å². The largest absolute Gasteiger partial charge is 0.220 e. The van der Waals surface area contributed by atoms with E-state index in [2.05, 4.69) is 48.4 Å². The summed E-state index contributed by atoms with van der Waals surface area (Å²) in [5.41, 5.74) is 5.50. The zero-order valence-corrected chi connectivity index (χ0v) is 11.0. The van der Waals surface area contributed by atoms with Crippen LogP contribution in [0.5, 0.6) is 0 Å². The second-order valence-corrected chi connectivity index (χ2v) is 4.70. The van der Waals surface area contributed by atoms with Crippen molar-refractivity contribution in [2.24, 2.45) is 0 Å². The molecule has 0 spiro atoms. The molecule has 0 amide bonds. The van der Waals surface area contributed by atoms with Crippen LogP contribution in [0.15, 0.2) is 54.7 Å². The van der Waals surface area contributed by atoms with Gasteiger partial charge in [-0.05, 0) is 31.5 Å². The van der Waals surface area contributed by atoms with Crippen LogP contribution in [0.2, 0.25) is 0 Å². The Hall–Kier alpha value is -2.42. The van der Waals surface area contributed by atoms with Crippen molar-refractivity contribution in [2.75, 3.05) is 0 Å². The average molecular weight is 249 g/mol. The van der Waals surface area contributed by atoms with E-state index >= 15 is 0 Å². The fourth-order valence-corrected chi connectivity index (χ4v) is 2.07. The number of hydrogen-bond acceptors (Lipinski definition) is 2. The minimum Gasteiger partial charge on any atom is -0.220 e. The molecule has 0 aliphatic carbocycles. The molecular formula is C16H15N3. The molecule has 0 unspecified atom stereocenters. The van der Waals surface area contributed by atoms with E-state index in [4.69, 9.17) is 0 Å². The lowest BCUT2D eigenvalue weighted by molar-refractivity contribution is 0.803. The summed E-state index contributed by atoms with van der Waals surface area (Å²) < 4.78 is 1.81. The first-order chi connectivity index (χ1) is 9.24. The predicted molar refractivity (Wildman–Crippen MR) is 76.3 cm³/mol. The molecule has 0 bridgehead atoms. The molecule has 0 atom stereocenters. The molecule has 3 aromatic rings. The molecule has 0 N–H and O–H groups in total. The van der Waals surface area contributed by atoms with Crippen molar-refractivity contribution in [1.29, 1.82) is 0 Å². The van der Waals surface area contributed by atoms with Crippen LogP contribution in [0.1, 0.15) is 11.1 Å². The Balaban J connectivity index is 2.00. The van der Waals surface area contributed by atoms with Gasteiger partial charge >= 0.3 is 0 Å². The van der Waals surface area contributed by atoms with Crippen molar-refractivity contribution in [3.8, 4) is 16.9 Å². The van der Waals surface area contributed by atoms with Crippen LogP contribution in [0.25, 0.3) is 16.9 Å². The van der Waals surface area contributed by atoms with Gasteiger partial charge in [-0.2, -0.15) is 0 Å². The van der Waals surface area contributed by atoms with Gasteiger partial charge in [0.15, 0.2) is 0 Å². The second kappa shape index (κ2) is 4.69. The molecule has 3 heteroatoms. The van der Waals surface area contributed by atoms with Crippen molar-refractivity contribution < 1.29 is 0 Å². The Kier molecular flexibility index (Phi) is 2.88. The van der Waals surface area contributed by atoms with Gasteiger partial charge in [-0.15, -0.1) is 5.10 Å². The summed E-state index contributed by atoms with van der Waals surface area (Å²) in [7, 11) is 0. The molecule has 0 aliphatic rings. The molecule has 1 aromatic heterocycles. The van der Waals surface area contributed by atoms with Crippen molar-refractivity contribution in [2.45, 2.75) is 13.8 Å². The van der Waals surface area contributed by atoms with Gasteiger partial charge in [-0.1, -0.05) is 47.2 Å². The van der Waals surface area contributed by atoms with Crippen molar-refractivity contribution in [1.82, 2.24) is 15.0 Å². The van der Waals surface area contributed by atoms with E-state index in [1.54, 1.807) is 4.68 Å². The molecule has 19 heavy (non-hydrogen) atoms. The number of hydrogen-bond donors (Lipinski definition) is 0. The Morgan fingerprint density at radius 1 is 0.895 bits per heavy atom. The van der Waals surface area contributed by atoms with Gasteiger partial charge in [-0.25, -0.2) is 4.68 Å². The summed E-state index contributed by atoms with van der Waals surface area (Å²) in [6, 6.07) is 16.4. The average Bonchev–Trinajstić information content (AvgIpc) is 2.89. The highest BCUT2D eigenvalue weighted by Gasteiger charge is 2.07. The maximum atomic E-state index is 4.26. The van der Waals surface area contributed by atoms with Crippen molar-refractivity contribution >= 4 is 0 Å². The lowest BCUT2D eigenvalue weighted by atomic mass is 10.1. The zero-order valence-electron chi connectivity index (χ0n) is 11.0. The molecule has 3 rings (SSSR count). The molecule has 0 aliphatic heterocycles. The number of aryl methyl sites for hydroxylation is 2. The predicted octanol–water partition coefficient (Wildman–Crippen LogP) is 3.55. The topological polar surface area (TPSA) is 30.7 Å². The molecule has 2 aromatic carbocycles. The molecule has 0 saturated heterocycles. The summed E-state index contributed by atoms with van der Waals surface area (Å²) >= 11 is 0. The first-order valence-electron chi connectivity index (χ1n) is 6.29. The fourth-order valence-electron chi connectivity index (χ4n) is 2.07. The summed E-state index contributed by atoms with van der Waals surface area (Å²) in [6.45, 7) is 4.16. The smallest absolute Gasteiger partial charge is 0.113 e. The molecule has 0 fully saturated rings. The zero-order chi connectivity index (χ0) is 13.2. The highest BCUT2D eigenvalue weighted by molar-refractivity contribution is 5.62. The molecule has 94 valence electrons. The second-order valence-electron chi connectivity index (χ2n) is 4.70. The monoisotopic (exact) mass is 249 g/mol. The number of rotatable bonds is 2. The number of nitrogens with zero attached hydrogens (tertiary/aromatic N) is 3. The number of benzene rings is 2. The van der Waals surface area contributed by atoms with E-state index in [-0.39, 0.29) is 0 Å².